The summed E-state index contributed by atoms with van der Waals surface area (Å²) in [6, 6.07) is 5.84. The van der Waals surface area contributed by atoms with Crippen molar-refractivity contribution >= 4 is 17.6 Å². The average molecular weight is 871 g/mol. The van der Waals surface area contributed by atoms with Crippen LogP contribution in [0.15, 0.2) is 78.4 Å². The highest BCUT2D eigenvalue weighted by Crippen LogP contribution is 2.66. The minimum absolute atomic E-state index is 0.0140. The minimum Gasteiger partial charge on any atom is -0.348 e. The lowest BCUT2D eigenvalue weighted by Crippen LogP contribution is -2.56. The first-order valence-corrected chi connectivity index (χ1v) is 19.3. The summed E-state index contributed by atoms with van der Waals surface area (Å²) in [6.45, 7) is 1.36. The Kier molecular flexibility index (Phi) is 10.2. The SMILES string of the molecule is Cc1cn2cc(-c3ccc(C4CC45CCN([C@H](Cc4cnn(C(F)F)c4)C(=O)NC(C)(C)Cn4nc(C(F)(F)F)cc4-c4ccc(=O)n(C)c4)C5=O)c(C(F)(F)F)c3)cnc2n1. The third-order valence-corrected chi connectivity index (χ3v) is 11.5. The van der Waals surface area contributed by atoms with E-state index in [1.54, 1.807) is 23.7 Å². The molecule has 1 spiro atoms. The van der Waals surface area contributed by atoms with Crippen LogP contribution in [0.25, 0.3) is 28.2 Å². The summed E-state index contributed by atoms with van der Waals surface area (Å²) in [5.74, 6) is -1.87. The Balaban J connectivity index is 1.08. The third kappa shape index (κ3) is 7.94. The van der Waals surface area contributed by atoms with Gasteiger partial charge in [-0.3, -0.25) is 23.5 Å². The van der Waals surface area contributed by atoms with Gasteiger partial charge in [0.2, 0.25) is 23.2 Å². The molecule has 62 heavy (non-hydrogen) atoms. The van der Waals surface area contributed by atoms with E-state index in [9.17, 15) is 49.5 Å². The number of pyridine rings is 1. The first-order chi connectivity index (χ1) is 29.0. The van der Waals surface area contributed by atoms with Crippen LogP contribution in [0.1, 0.15) is 67.2 Å². The van der Waals surface area contributed by atoms with Gasteiger partial charge in [0.25, 0.3) is 0 Å². The van der Waals surface area contributed by atoms with Crippen LogP contribution >= 0.6 is 0 Å². The maximum atomic E-state index is 14.8. The van der Waals surface area contributed by atoms with Crippen LogP contribution in [0.4, 0.5) is 35.1 Å². The molecule has 5 aromatic heterocycles. The average Bonchev–Trinajstić information content (AvgIpc) is 3.60. The van der Waals surface area contributed by atoms with E-state index in [2.05, 4.69) is 25.5 Å². The number of nitrogens with zero attached hydrogens (tertiary/aromatic N) is 9. The standard InChI is InChI=1S/C41H38F8N10O3/c1-22-17-56-20-26(16-50-37(56)52-22)24-5-7-27(28(12-24)40(44,45)46)29-14-39(29)9-10-57(35(39)62)31(11-23-15-51-58(18-23)36(42)43)34(61)53-38(2,3)21-59-30(13-32(54-59)41(47,48)49)25-6-8-33(60)55(4)19-25/h5-8,12-13,15-20,29,31,36H,9-11,14,21H2,1-4H3,(H,53,61)/t29?,31-,39?/m1/s1. The van der Waals surface area contributed by atoms with Crippen molar-refractivity contribution in [1.82, 2.24) is 48.7 Å². The Labute approximate surface area is 347 Å². The van der Waals surface area contributed by atoms with Crippen molar-refractivity contribution in [3.05, 3.63) is 112 Å². The van der Waals surface area contributed by atoms with Gasteiger partial charge in [0.15, 0.2) is 5.69 Å². The number of alkyl halides is 8. The Bertz CT molecular complexity index is 2780. The van der Waals surface area contributed by atoms with Gasteiger partial charge in [-0.25, -0.2) is 14.6 Å². The number of imidazole rings is 1. The number of likely N-dealkylation sites (tertiary alicyclic amines) is 1. The molecule has 2 amide bonds. The lowest BCUT2D eigenvalue weighted by Gasteiger charge is -2.33. The lowest BCUT2D eigenvalue weighted by molar-refractivity contribution is -0.142. The van der Waals surface area contributed by atoms with Crippen molar-refractivity contribution in [2.75, 3.05) is 6.54 Å². The highest BCUT2D eigenvalue weighted by molar-refractivity contribution is 5.95. The van der Waals surface area contributed by atoms with E-state index >= 15 is 0 Å². The molecular weight excluding hydrogens is 833 g/mol. The smallest absolute Gasteiger partial charge is 0.348 e. The molecule has 0 bridgehead atoms. The fraction of sp³-hybridized carbons (Fsp3) is 0.390. The molecule has 1 aliphatic heterocycles. The van der Waals surface area contributed by atoms with Gasteiger partial charge < -0.3 is 14.8 Å². The summed E-state index contributed by atoms with van der Waals surface area (Å²) >= 11 is 0. The van der Waals surface area contributed by atoms with Crippen LogP contribution in [0.5, 0.6) is 0 Å². The molecule has 0 radical (unpaired) electrons. The summed E-state index contributed by atoms with van der Waals surface area (Å²) in [4.78, 5) is 50.6. The van der Waals surface area contributed by atoms with Crippen molar-refractivity contribution < 1.29 is 44.7 Å². The number of carbonyl (C=O) groups excluding carboxylic acids is 2. The molecule has 1 saturated heterocycles. The van der Waals surface area contributed by atoms with Crippen molar-refractivity contribution in [3.8, 4) is 22.4 Å². The number of fused-ring (bicyclic) bond motifs is 1. The second kappa shape index (κ2) is 14.9. The monoisotopic (exact) mass is 870 g/mol. The number of amides is 2. The van der Waals surface area contributed by atoms with E-state index in [-0.39, 0.29) is 60.3 Å². The second-order valence-corrected chi connectivity index (χ2v) is 16.5. The molecule has 13 nitrogen and oxygen atoms in total. The van der Waals surface area contributed by atoms with Gasteiger partial charge in [-0.05, 0) is 68.5 Å². The molecule has 6 heterocycles. The number of benzene rings is 1. The van der Waals surface area contributed by atoms with Crippen molar-refractivity contribution in [2.45, 2.75) is 83.0 Å². The number of halogens is 8. The van der Waals surface area contributed by atoms with Gasteiger partial charge in [-0.1, -0.05) is 12.1 Å². The molecule has 2 fully saturated rings. The predicted octanol–water partition coefficient (Wildman–Crippen LogP) is 6.81. The summed E-state index contributed by atoms with van der Waals surface area (Å²) in [5.41, 5.74) is -3.63. The number of rotatable bonds is 11. The fourth-order valence-corrected chi connectivity index (χ4v) is 8.42. The summed E-state index contributed by atoms with van der Waals surface area (Å²) < 4.78 is 117. The maximum Gasteiger partial charge on any atom is 0.435 e. The van der Waals surface area contributed by atoms with Gasteiger partial charge in [-0.15, -0.1) is 0 Å². The highest BCUT2D eigenvalue weighted by Gasteiger charge is 2.66. The quantitative estimate of drug-likeness (QED) is 0.141. The molecule has 6 aromatic rings. The normalized spacial score (nSPS) is 18.7. The Morgan fingerprint density at radius 3 is 2.35 bits per heavy atom. The zero-order chi connectivity index (χ0) is 44.7. The van der Waals surface area contributed by atoms with Gasteiger partial charge in [0.1, 0.15) is 6.04 Å². The van der Waals surface area contributed by atoms with Crippen LogP contribution < -0.4 is 10.9 Å². The van der Waals surface area contributed by atoms with Crippen molar-refractivity contribution in [2.24, 2.45) is 12.5 Å². The van der Waals surface area contributed by atoms with Crippen molar-refractivity contribution in [1.29, 1.82) is 0 Å². The van der Waals surface area contributed by atoms with E-state index < -0.39 is 70.4 Å². The Hall–Kier alpha value is -6.41. The van der Waals surface area contributed by atoms with E-state index in [4.69, 9.17) is 0 Å². The zero-order valence-corrected chi connectivity index (χ0v) is 33.5. The fourth-order valence-electron chi connectivity index (χ4n) is 8.42. The van der Waals surface area contributed by atoms with Crippen LogP contribution in [0.2, 0.25) is 0 Å². The number of aryl methyl sites for hydroxylation is 2. The van der Waals surface area contributed by atoms with Gasteiger partial charge in [0, 0.05) is 74.1 Å². The molecule has 8 rings (SSSR count). The molecule has 1 aromatic carbocycles. The van der Waals surface area contributed by atoms with E-state index in [0.29, 0.717) is 21.7 Å². The first kappa shape index (κ1) is 42.3. The zero-order valence-electron chi connectivity index (χ0n) is 33.5. The summed E-state index contributed by atoms with van der Waals surface area (Å²) in [6.07, 6.45) is -1.63. The summed E-state index contributed by atoms with van der Waals surface area (Å²) in [5, 5.41) is 10.2. The maximum absolute atomic E-state index is 14.8. The Morgan fingerprint density at radius 2 is 1.68 bits per heavy atom. The van der Waals surface area contributed by atoms with E-state index in [1.807, 2.05) is 0 Å². The number of hydrogen-bond acceptors (Lipinski definition) is 7. The topological polar surface area (TPSA) is 137 Å². The molecule has 1 saturated carbocycles. The van der Waals surface area contributed by atoms with Crippen molar-refractivity contribution in [3.63, 3.8) is 0 Å². The number of aromatic nitrogens is 8. The van der Waals surface area contributed by atoms with Gasteiger partial charge >= 0.3 is 18.9 Å². The molecule has 3 atom stereocenters. The molecule has 2 unspecified atom stereocenters. The second-order valence-electron chi connectivity index (χ2n) is 16.5. The van der Waals surface area contributed by atoms with E-state index in [1.165, 1.54) is 67.0 Å². The van der Waals surface area contributed by atoms with E-state index in [0.717, 1.165) is 29.2 Å². The predicted molar refractivity (Wildman–Crippen MR) is 205 cm³/mol. The minimum atomic E-state index is -4.84. The summed E-state index contributed by atoms with van der Waals surface area (Å²) in [7, 11) is 1.43. The first-order valence-electron chi connectivity index (χ1n) is 19.3. The van der Waals surface area contributed by atoms with Crippen LogP contribution in [0.3, 0.4) is 0 Å². The number of nitrogens with one attached hydrogen (secondary N) is 1. The molecule has 2 aliphatic rings. The lowest BCUT2D eigenvalue weighted by atomic mass is 9.92. The molecule has 21 heteroatoms. The number of hydrogen-bond donors (Lipinski definition) is 1. The molecular formula is C41H38F8N10O3. The van der Waals surface area contributed by atoms with Gasteiger partial charge in [-0.2, -0.15) is 45.3 Å². The Morgan fingerprint density at radius 1 is 0.935 bits per heavy atom. The molecule has 1 aliphatic carbocycles. The highest BCUT2D eigenvalue weighted by atomic mass is 19.4. The van der Waals surface area contributed by atoms with Crippen LogP contribution in [0, 0.1) is 12.3 Å². The third-order valence-electron chi connectivity index (χ3n) is 11.5. The largest absolute Gasteiger partial charge is 0.435 e. The van der Waals surface area contributed by atoms with Crippen LogP contribution in [-0.4, -0.2) is 73.3 Å². The molecule has 1 N–H and O–H groups in total. The number of carbonyl (C=O) groups is 2. The molecule has 326 valence electrons. The van der Waals surface area contributed by atoms with Gasteiger partial charge in [0.05, 0.1) is 40.6 Å². The van der Waals surface area contributed by atoms with Crippen LogP contribution in [-0.2, 0) is 42.0 Å².